The molecule has 21 nitrogen and oxygen atoms in total. The molecule has 0 saturated carbocycles. The second-order valence-electron chi connectivity index (χ2n) is 26.3. The van der Waals surface area contributed by atoms with Crippen molar-refractivity contribution in [2.75, 3.05) is 61.9 Å². The van der Waals surface area contributed by atoms with Crippen molar-refractivity contribution in [3.05, 3.63) is 108 Å². The summed E-state index contributed by atoms with van der Waals surface area (Å²) in [5, 5.41) is 19.9. The van der Waals surface area contributed by atoms with Crippen LogP contribution in [0.15, 0.2) is 91.0 Å². The quantitative estimate of drug-likeness (QED) is 0.172. The van der Waals surface area contributed by atoms with Crippen molar-refractivity contribution in [1.82, 2.24) is 50.2 Å². The summed E-state index contributed by atoms with van der Waals surface area (Å²) < 4.78 is 0. The largest absolute Gasteiger partial charge is 0.391 e. The summed E-state index contributed by atoms with van der Waals surface area (Å²) >= 11 is 0. The molecule has 3 aromatic rings. The van der Waals surface area contributed by atoms with E-state index >= 15 is 19.2 Å². The van der Waals surface area contributed by atoms with Gasteiger partial charge in [0.05, 0.1) is 18.4 Å². The zero-order valence-electron chi connectivity index (χ0n) is 55.7. The average Bonchev–Trinajstić information content (AvgIpc) is 1.70. The van der Waals surface area contributed by atoms with Crippen molar-refractivity contribution in [2.24, 2.45) is 23.7 Å². The highest BCUT2D eigenvalue weighted by Crippen LogP contribution is 2.24. The number of nitrogens with zero attached hydrogens (tertiary/aromatic N) is 7. The molecular weight excluding hydrogens is 1140 g/mol. The Balaban J connectivity index is 1.67. The Kier molecular flexibility index (Phi) is 28.0. The van der Waals surface area contributed by atoms with Gasteiger partial charge in [0.25, 0.3) is 0 Å². The van der Waals surface area contributed by atoms with Gasteiger partial charge >= 0.3 is 0 Å². The van der Waals surface area contributed by atoms with Gasteiger partial charge in [-0.25, -0.2) is 0 Å². The van der Waals surface area contributed by atoms with Crippen molar-refractivity contribution in [2.45, 2.75) is 180 Å². The fourth-order valence-corrected chi connectivity index (χ4v) is 12.0. The summed E-state index contributed by atoms with van der Waals surface area (Å²) in [6.45, 7) is 14.8. The van der Waals surface area contributed by atoms with E-state index in [1.165, 1.54) is 78.5 Å². The molecule has 2 aliphatic heterocycles. The predicted octanol–water partition coefficient (Wildman–Crippen LogP) is 4.72. The number of hydrogen-bond acceptors (Lipinski definition) is 11. The molecule has 10 amide bonds. The van der Waals surface area contributed by atoms with E-state index in [0.717, 1.165) is 17.5 Å². The number of carbonyl (C=O) groups excluding carboxylic acids is 10. The molecule has 0 spiro atoms. The fraction of sp³-hybridized carbons (Fsp3) is 0.594. The first-order chi connectivity index (χ1) is 42.5. The van der Waals surface area contributed by atoms with Crippen LogP contribution in [0, 0.1) is 23.7 Å². The van der Waals surface area contributed by atoms with E-state index in [0.29, 0.717) is 31.5 Å². The standard InChI is InChI=1S/C69H102N10O11/c1-44(2)35-54-66(87)75(11)53(39-50-29-21-16-22-30-50)41-59(81)72-61(48(8)80)69(90)73(9)43-52(38-49-27-19-15-20-28-49)65(86)78(14)58(40-51-31-23-17-24-32-51)68(89)77(13)57(37-46(5)6)63(84)71-55(67(88)79-33-25-18-26-34-79)42-60(82)74(10)47(7)64(85)76(12)56(36-45(3)4)62(83)70-54/h15-17,19-24,27-32,44-48,52-58,61,80H,18,25-26,33-43H2,1-14H3,(H,70,83)(H,71,84)(H,72,81)/t47-,48+,52+,53-,54-,55-,56-,57-,58-,61-/m0/s1. The lowest BCUT2D eigenvalue weighted by molar-refractivity contribution is -0.151. The van der Waals surface area contributed by atoms with Crippen molar-refractivity contribution in [1.29, 1.82) is 0 Å². The average molecular weight is 1250 g/mol. The fourth-order valence-electron chi connectivity index (χ4n) is 12.0. The van der Waals surface area contributed by atoms with Gasteiger partial charge in [0.1, 0.15) is 42.3 Å². The molecule has 90 heavy (non-hydrogen) atoms. The second kappa shape index (κ2) is 34.5. The summed E-state index contributed by atoms with van der Waals surface area (Å²) in [4.78, 5) is 159. The number of hydrogen-bond donors (Lipinski definition) is 4. The Hall–Kier alpha value is -7.68. The summed E-state index contributed by atoms with van der Waals surface area (Å²) in [6, 6.07) is 17.8. The molecule has 2 aliphatic rings. The van der Waals surface area contributed by atoms with E-state index in [9.17, 15) is 33.9 Å². The first-order valence-corrected chi connectivity index (χ1v) is 32.1. The lowest BCUT2D eigenvalue weighted by Crippen LogP contribution is -2.60. The number of piperidine rings is 1. The van der Waals surface area contributed by atoms with Crippen LogP contribution in [0.5, 0.6) is 0 Å². The van der Waals surface area contributed by atoms with Crippen molar-refractivity contribution < 1.29 is 53.1 Å². The minimum Gasteiger partial charge on any atom is -0.391 e. The molecule has 0 aliphatic carbocycles. The van der Waals surface area contributed by atoms with Gasteiger partial charge in [-0.2, -0.15) is 0 Å². The molecule has 2 fully saturated rings. The first-order valence-electron chi connectivity index (χ1n) is 32.1. The molecule has 5 rings (SSSR count). The molecule has 0 unspecified atom stereocenters. The second-order valence-corrected chi connectivity index (χ2v) is 26.3. The van der Waals surface area contributed by atoms with Gasteiger partial charge in [-0.3, -0.25) is 47.9 Å². The molecule has 2 saturated heterocycles. The maximum absolute atomic E-state index is 15.5. The van der Waals surface area contributed by atoms with E-state index in [-0.39, 0.29) is 69.2 Å². The Morgan fingerprint density at radius 3 is 1.47 bits per heavy atom. The molecule has 10 atom stereocenters. The highest BCUT2D eigenvalue weighted by atomic mass is 16.3. The highest BCUT2D eigenvalue weighted by molar-refractivity contribution is 5.98. The van der Waals surface area contributed by atoms with Crippen LogP contribution in [0.1, 0.15) is 123 Å². The number of nitrogens with one attached hydrogen (secondary N) is 3. The molecular formula is C69H102N10O11. The Labute approximate surface area is 534 Å². The van der Waals surface area contributed by atoms with E-state index in [1.54, 1.807) is 11.9 Å². The van der Waals surface area contributed by atoms with Crippen molar-refractivity contribution in [3.63, 3.8) is 0 Å². The molecule has 3 aromatic carbocycles. The van der Waals surface area contributed by atoms with Crippen LogP contribution in [-0.2, 0) is 67.2 Å². The number of likely N-dealkylation sites (N-methyl/N-ethyl adjacent to an activating group) is 6. The van der Waals surface area contributed by atoms with Crippen LogP contribution in [0.2, 0.25) is 0 Å². The molecule has 4 N–H and O–H groups in total. The summed E-state index contributed by atoms with van der Waals surface area (Å²) in [7, 11) is 8.89. The number of carbonyl (C=O) groups is 10. The molecule has 2 heterocycles. The smallest absolute Gasteiger partial charge is 0.247 e. The number of rotatable bonds is 14. The number of likely N-dealkylation sites (tertiary alicyclic amines) is 1. The topological polar surface area (TPSA) is 250 Å². The third-order valence-electron chi connectivity index (χ3n) is 17.6. The first kappa shape index (κ1) is 73.1. The van der Waals surface area contributed by atoms with E-state index < -0.39 is 126 Å². The van der Waals surface area contributed by atoms with Gasteiger partial charge < -0.3 is 55.4 Å². The van der Waals surface area contributed by atoms with Crippen LogP contribution < -0.4 is 16.0 Å². The normalized spacial score (nSPS) is 25.0. The lowest BCUT2D eigenvalue weighted by atomic mass is 9.94. The van der Waals surface area contributed by atoms with Crippen molar-refractivity contribution in [3.8, 4) is 0 Å². The van der Waals surface area contributed by atoms with Crippen LogP contribution in [0.4, 0.5) is 0 Å². The Morgan fingerprint density at radius 1 is 0.500 bits per heavy atom. The molecule has 0 aromatic heterocycles. The van der Waals surface area contributed by atoms with Gasteiger partial charge in [0, 0.05) is 80.8 Å². The van der Waals surface area contributed by atoms with Crippen LogP contribution in [0.25, 0.3) is 0 Å². The minimum atomic E-state index is -1.52. The summed E-state index contributed by atoms with van der Waals surface area (Å²) in [5.41, 5.74) is 2.24. The van der Waals surface area contributed by atoms with Gasteiger partial charge in [0.2, 0.25) is 59.1 Å². The lowest BCUT2D eigenvalue weighted by Gasteiger charge is -2.38. The van der Waals surface area contributed by atoms with Gasteiger partial charge in [0.15, 0.2) is 0 Å². The Bertz CT molecular complexity index is 2890. The monoisotopic (exact) mass is 1250 g/mol. The molecule has 494 valence electrons. The predicted molar refractivity (Wildman–Crippen MR) is 346 cm³/mol. The van der Waals surface area contributed by atoms with E-state index in [2.05, 4.69) is 16.0 Å². The number of amides is 10. The van der Waals surface area contributed by atoms with Gasteiger partial charge in [-0.1, -0.05) is 133 Å². The van der Waals surface area contributed by atoms with Gasteiger partial charge in [-0.05, 0) is 99.7 Å². The SMILES string of the molecule is CC(C)C[C@@H]1NC(=O)[C@H](CC(C)C)N(C)C(=O)[C@H](C)N(C)C(=O)C[C@@H](C(=O)N2CCCCC2)NC(=O)[C@H](CC(C)C)N(C)C(=O)[C@H](Cc2ccccc2)N(C)C(=O)[C@H](Cc2ccccc2)CN(C)C(=O)[C@H]([C@@H](C)O)NC(=O)C[C@H](Cc2ccccc2)N(C)C1=O. The van der Waals surface area contributed by atoms with E-state index in [1.807, 2.05) is 133 Å². The third kappa shape index (κ3) is 20.7. The summed E-state index contributed by atoms with van der Waals surface area (Å²) in [5.74, 6) is -7.54. The number of aliphatic hydroxyl groups is 1. The van der Waals surface area contributed by atoms with Crippen molar-refractivity contribution >= 4 is 59.1 Å². The zero-order valence-corrected chi connectivity index (χ0v) is 55.7. The van der Waals surface area contributed by atoms with E-state index in [4.69, 9.17) is 0 Å². The molecule has 0 bridgehead atoms. The Morgan fingerprint density at radius 2 is 0.967 bits per heavy atom. The third-order valence-corrected chi connectivity index (χ3v) is 17.6. The van der Waals surface area contributed by atoms with Gasteiger partial charge in [-0.15, -0.1) is 0 Å². The maximum atomic E-state index is 15.5. The van der Waals surface area contributed by atoms with Crippen LogP contribution in [-0.4, -0.2) is 215 Å². The maximum Gasteiger partial charge on any atom is 0.247 e. The highest BCUT2D eigenvalue weighted by Gasteiger charge is 2.42. The molecule has 21 heteroatoms. The number of aliphatic hydroxyl groups excluding tert-OH is 1. The van der Waals surface area contributed by atoms with Crippen LogP contribution in [0.3, 0.4) is 0 Å². The molecule has 0 radical (unpaired) electrons. The zero-order chi connectivity index (χ0) is 66.7. The van der Waals surface area contributed by atoms with Crippen LogP contribution >= 0.6 is 0 Å². The summed E-state index contributed by atoms with van der Waals surface area (Å²) in [6.07, 6.45) is 0.762. The minimum absolute atomic E-state index is 0.0154. The number of benzene rings is 3.